The summed E-state index contributed by atoms with van der Waals surface area (Å²) in [5.74, 6) is 0.137. The molecule has 1 aliphatic carbocycles. The Labute approximate surface area is 222 Å². The fraction of sp³-hybridized carbons (Fsp3) is 0.423. The second-order valence-corrected chi connectivity index (χ2v) is 9.25. The Morgan fingerprint density at radius 2 is 1.84 bits per heavy atom. The molecule has 0 atom stereocenters. The Morgan fingerprint density at radius 1 is 1.13 bits per heavy atom. The summed E-state index contributed by atoms with van der Waals surface area (Å²) in [5.41, 5.74) is 1.91. The average Bonchev–Trinajstić information content (AvgIpc) is 3.27. The highest BCUT2D eigenvalue weighted by atomic mass is 35.5. The molecule has 4 rings (SSSR count). The van der Waals surface area contributed by atoms with Gasteiger partial charge in [-0.05, 0) is 73.9 Å². The number of nitrogens with one attached hydrogen (secondary N) is 1. The summed E-state index contributed by atoms with van der Waals surface area (Å²) in [6, 6.07) is 11.8. The van der Waals surface area contributed by atoms with Gasteiger partial charge in [0.05, 0.1) is 24.0 Å². The zero-order valence-electron chi connectivity index (χ0n) is 20.9. The van der Waals surface area contributed by atoms with E-state index in [0.29, 0.717) is 25.3 Å². The normalized spacial score (nSPS) is 17.6. The molecular formula is C26H28ClF3N3O5+. The molecule has 3 aromatic rings. The molecule has 0 spiro atoms. The molecule has 2 aromatic carbocycles. The Hall–Kier alpha value is -3.47. The zero-order valence-corrected chi connectivity index (χ0v) is 21.6. The number of ether oxygens (including phenoxy) is 4. The van der Waals surface area contributed by atoms with Gasteiger partial charge in [-0.1, -0.05) is 34.5 Å². The van der Waals surface area contributed by atoms with Gasteiger partial charge in [-0.15, -0.1) is 18.3 Å². The van der Waals surface area contributed by atoms with E-state index in [0.717, 1.165) is 29.7 Å². The predicted octanol–water partition coefficient (Wildman–Crippen LogP) is 5.59. The van der Waals surface area contributed by atoms with Crippen molar-refractivity contribution in [2.75, 3.05) is 13.7 Å². The first-order chi connectivity index (χ1) is 18.2. The van der Waals surface area contributed by atoms with Gasteiger partial charge in [-0.25, -0.2) is 4.79 Å². The fourth-order valence-electron chi connectivity index (χ4n) is 4.45. The SMILES string of the molecule is CCOC(=O)c1[nH]n[n+](Cc2ccc(OC)cc2)c1OC1CCC(c2ccc(OC(F)(F)F)c(Cl)c2)CC1. The van der Waals surface area contributed by atoms with Crippen molar-refractivity contribution in [3.63, 3.8) is 0 Å². The third-order valence-corrected chi connectivity index (χ3v) is 6.60. The largest absolute Gasteiger partial charge is 0.573 e. The minimum absolute atomic E-state index is 0.0877. The van der Waals surface area contributed by atoms with Crippen molar-refractivity contribution >= 4 is 17.6 Å². The predicted molar refractivity (Wildman–Crippen MR) is 131 cm³/mol. The van der Waals surface area contributed by atoms with E-state index in [4.69, 9.17) is 25.8 Å². The fourth-order valence-corrected chi connectivity index (χ4v) is 4.68. The summed E-state index contributed by atoms with van der Waals surface area (Å²) >= 11 is 6.04. The first-order valence-electron chi connectivity index (χ1n) is 12.2. The van der Waals surface area contributed by atoms with Crippen LogP contribution in [-0.2, 0) is 11.3 Å². The van der Waals surface area contributed by atoms with E-state index >= 15 is 0 Å². The quantitative estimate of drug-likeness (QED) is 0.274. The smallest absolute Gasteiger partial charge is 0.497 e. The highest BCUT2D eigenvalue weighted by Crippen LogP contribution is 2.38. The monoisotopic (exact) mass is 554 g/mol. The lowest BCUT2D eigenvalue weighted by molar-refractivity contribution is -0.750. The van der Waals surface area contributed by atoms with Crippen molar-refractivity contribution in [1.29, 1.82) is 0 Å². The van der Waals surface area contributed by atoms with Crippen molar-refractivity contribution in [1.82, 2.24) is 10.3 Å². The van der Waals surface area contributed by atoms with Crippen LogP contribution >= 0.6 is 11.6 Å². The highest BCUT2D eigenvalue weighted by Gasteiger charge is 2.34. The number of carbonyl (C=O) groups excluding carboxylic acids is 1. The van der Waals surface area contributed by atoms with Crippen molar-refractivity contribution in [3.05, 3.63) is 64.3 Å². The number of halogens is 4. The van der Waals surface area contributed by atoms with Gasteiger partial charge in [0, 0.05) is 0 Å². The number of esters is 1. The van der Waals surface area contributed by atoms with Crippen LogP contribution in [0, 0.1) is 0 Å². The van der Waals surface area contributed by atoms with E-state index in [1.807, 2.05) is 24.3 Å². The number of aromatic nitrogens is 3. The van der Waals surface area contributed by atoms with Crippen LogP contribution in [0.15, 0.2) is 42.5 Å². The molecule has 38 heavy (non-hydrogen) atoms. The van der Waals surface area contributed by atoms with Gasteiger partial charge < -0.3 is 18.9 Å². The molecule has 0 radical (unpaired) electrons. The van der Waals surface area contributed by atoms with Crippen molar-refractivity contribution in [2.24, 2.45) is 0 Å². The lowest BCUT2D eigenvalue weighted by Gasteiger charge is -2.28. The number of aromatic amines is 1. The Balaban J connectivity index is 1.45. The molecule has 1 fully saturated rings. The van der Waals surface area contributed by atoms with Crippen LogP contribution in [0.1, 0.15) is 60.1 Å². The molecule has 1 heterocycles. The van der Waals surface area contributed by atoms with Crippen molar-refractivity contribution < 1.29 is 41.6 Å². The standard InChI is InChI=1S/C26H27ClF3N3O5/c1-3-36-25(34)23-24(33(32-31-23)15-16-4-9-19(35-2)10-5-16)37-20-11-6-17(7-12-20)18-8-13-22(21(27)14-18)38-26(28,29)30/h4-5,8-10,13-14,17,20H,3,6-7,11-12,15H2,1-2H3/p+1. The molecule has 8 nitrogen and oxygen atoms in total. The van der Waals surface area contributed by atoms with Gasteiger partial charge >= 0.3 is 23.9 Å². The van der Waals surface area contributed by atoms with Crippen LogP contribution in [0.2, 0.25) is 5.02 Å². The minimum Gasteiger partial charge on any atom is -0.497 e. The van der Waals surface area contributed by atoms with Gasteiger partial charge in [-0.2, -0.15) is 0 Å². The maximum Gasteiger partial charge on any atom is 0.573 e. The summed E-state index contributed by atoms with van der Waals surface area (Å²) in [4.78, 5) is 12.5. The first-order valence-corrected chi connectivity index (χ1v) is 12.5. The second-order valence-electron chi connectivity index (χ2n) is 8.85. The molecule has 0 aliphatic heterocycles. The number of benzene rings is 2. The molecule has 204 valence electrons. The van der Waals surface area contributed by atoms with Crippen LogP contribution in [0.4, 0.5) is 13.2 Å². The Morgan fingerprint density at radius 3 is 2.45 bits per heavy atom. The van der Waals surface area contributed by atoms with Gasteiger partial charge in [-0.3, -0.25) is 0 Å². The number of nitrogens with zero attached hydrogens (tertiary/aromatic N) is 2. The second kappa shape index (κ2) is 11.9. The third-order valence-electron chi connectivity index (χ3n) is 6.31. The number of alkyl halides is 3. The molecule has 0 bridgehead atoms. The Bertz CT molecular complexity index is 1240. The van der Waals surface area contributed by atoms with Crippen LogP contribution in [0.25, 0.3) is 0 Å². The van der Waals surface area contributed by atoms with Crippen molar-refractivity contribution in [3.8, 4) is 17.4 Å². The van der Waals surface area contributed by atoms with Crippen LogP contribution in [0.5, 0.6) is 17.4 Å². The van der Waals surface area contributed by atoms with Crippen LogP contribution in [-0.4, -0.2) is 42.5 Å². The summed E-state index contributed by atoms with van der Waals surface area (Å²) in [6.45, 7) is 2.28. The van der Waals surface area contributed by atoms with E-state index in [-0.39, 0.29) is 29.3 Å². The molecular weight excluding hydrogens is 527 g/mol. The Kier molecular flexibility index (Phi) is 8.65. The maximum atomic E-state index is 12.5. The summed E-state index contributed by atoms with van der Waals surface area (Å²) in [6.07, 6.45) is -2.21. The van der Waals surface area contributed by atoms with E-state index < -0.39 is 18.1 Å². The number of hydrogen-bond acceptors (Lipinski definition) is 6. The number of hydrogen-bond donors (Lipinski definition) is 1. The van der Waals surface area contributed by atoms with E-state index in [9.17, 15) is 18.0 Å². The average molecular weight is 555 g/mol. The number of H-pyrrole nitrogens is 1. The first kappa shape index (κ1) is 27.6. The topological polar surface area (TPSA) is 86.6 Å². The van der Waals surface area contributed by atoms with Gasteiger partial charge in [0.1, 0.15) is 24.1 Å². The summed E-state index contributed by atoms with van der Waals surface area (Å²) < 4.78 is 59.8. The third kappa shape index (κ3) is 6.89. The van der Waals surface area contributed by atoms with Gasteiger partial charge in [0.2, 0.25) is 0 Å². The minimum atomic E-state index is -4.81. The van der Waals surface area contributed by atoms with E-state index in [2.05, 4.69) is 15.0 Å². The number of carbonyl (C=O) groups is 1. The molecule has 1 N–H and O–H groups in total. The molecule has 0 amide bonds. The van der Waals surface area contributed by atoms with Gasteiger partial charge in [0.25, 0.3) is 0 Å². The van der Waals surface area contributed by atoms with Crippen molar-refractivity contribution in [2.45, 2.75) is 57.5 Å². The zero-order chi connectivity index (χ0) is 27.3. The molecule has 1 aromatic heterocycles. The highest BCUT2D eigenvalue weighted by molar-refractivity contribution is 6.32. The lowest BCUT2D eigenvalue weighted by atomic mass is 9.82. The molecule has 0 saturated heterocycles. The van der Waals surface area contributed by atoms with E-state index in [1.165, 1.54) is 12.1 Å². The summed E-state index contributed by atoms with van der Waals surface area (Å²) in [5, 5.41) is 6.90. The van der Waals surface area contributed by atoms with Crippen LogP contribution in [0.3, 0.4) is 0 Å². The summed E-state index contributed by atoms with van der Waals surface area (Å²) in [7, 11) is 1.59. The number of methoxy groups -OCH3 is 1. The maximum absolute atomic E-state index is 12.5. The van der Waals surface area contributed by atoms with Gasteiger partial charge in [0.15, 0.2) is 0 Å². The van der Waals surface area contributed by atoms with E-state index in [1.54, 1.807) is 24.8 Å². The van der Waals surface area contributed by atoms with Crippen LogP contribution < -0.4 is 18.9 Å². The lowest BCUT2D eigenvalue weighted by Crippen LogP contribution is -2.40. The molecule has 0 unspecified atom stereocenters. The molecule has 1 aliphatic rings. The number of rotatable bonds is 9. The molecule has 12 heteroatoms. The molecule has 1 saturated carbocycles.